The number of Topliss-reactive ketones (excluding diaryl/α,β-unsaturated/α-hetero) is 1. The molecular weight excluding hydrogens is 376 g/mol. The van der Waals surface area contributed by atoms with E-state index in [2.05, 4.69) is 51.6 Å². The normalized spacial score (nSPS) is 29.7. The maximum absolute atomic E-state index is 13.0. The van der Waals surface area contributed by atoms with Crippen LogP contribution in [0.5, 0.6) is 0 Å². The van der Waals surface area contributed by atoms with E-state index in [-0.39, 0.29) is 11.3 Å². The predicted molar refractivity (Wildman–Crippen MR) is 115 cm³/mol. The number of alkyl halides is 1. The number of piperazine rings is 1. The summed E-state index contributed by atoms with van der Waals surface area (Å²) in [4.78, 5) is 17.8. The smallest absolute Gasteiger partial charge is 0.183 e. The van der Waals surface area contributed by atoms with Crippen LogP contribution in [0.3, 0.4) is 0 Å². The van der Waals surface area contributed by atoms with Crippen LogP contribution in [0.1, 0.15) is 24.8 Å². The molecule has 1 aromatic carbocycles. The van der Waals surface area contributed by atoms with Crippen LogP contribution in [-0.2, 0) is 4.79 Å². The summed E-state index contributed by atoms with van der Waals surface area (Å²) in [5.74, 6) is 0.458. The average molecular weight is 403 g/mol. The summed E-state index contributed by atoms with van der Waals surface area (Å²) in [5.41, 5.74) is 2.18. The van der Waals surface area contributed by atoms with Gasteiger partial charge in [-0.25, -0.2) is 0 Å². The summed E-state index contributed by atoms with van der Waals surface area (Å²) in [6.45, 7) is 4.82. The molecule has 0 N–H and O–H groups in total. The molecule has 3 nitrogen and oxygen atoms in total. The van der Waals surface area contributed by atoms with Gasteiger partial charge in [-0.1, -0.05) is 42.5 Å². The minimum atomic E-state index is 0.123. The largest absolute Gasteiger partial charge is 0.366 e. The van der Waals surface area contributed by atoms with E-state index in [9.17, 15) is 4.79 Å². The molecule has 0 radical (unpaired) electrons. The Morgan fingerprint density at radius 1 is 1.11 bits per heavy atom. The molecule has 2 fully saturated rings. The van der Waals surface area contributed by atoms with Crippen LogP contribution in [0.25, 0.3) is 6.08 Å². The number of carbonyl (C=O) groups is 1. The van der Waals surface area contributed by atoms with Crippen molar-refractivity contribution in [2.75, 3.05) is 32.7 Å². The van der Waals surface area contributed by atoms with Gasteiger partial charge in [-0.05, 0) is 30.2 Å². The topological polar surface area (TPSA) is 23.6 Å². The third-order valence-electron chi connectivity index (χ3n) is 5.85. The van der Waals surface area contributed by atoms with Crippen LogP contribution >= 0.6 is 23.4 Å². The van der Waals surface area contributed by atoms with E-state index in [1.165, 1.54) is 5.56 Å². The maximum atomic E-state index is 13.0. The number of thioether (sulfide) groups is 1. The highest BCUT2D eigenvalue weighted by Crippen LogP contribution is 2.42. The maximum Gasteiger partial charge on any atom is 0.183 e. The van der Waals surface area contributed by atoms with E-state index in [0.29, 0.717) is 11.0 Å². The second-order valence-corrected chi connectivity index (χ2v) is 9.39. The first-order valence-corrected chi connectivity index (χ1v) is 11.3. The van der Waals surface area contributed by atoms with E-state index < -0.39 is 0 Å². The van der Waals surface area contributed by atoms with Crippen molar-refractivity contribution in [2.45, 2.75) is 29.9 Å². The van der Waals surface area contributed by atoms with Gasteiger partial charge < -0.3 is 4.90 Å². The third kappa shape index (κ3) is 4.61. The lowest BCUT2D eigenvalue weighted by atomic mass is 9.84. The Morgan fingerprint density at radius 2 is 1.89 bits per heavy atom. The van der Waals surface area contributed by atoms with Gasteiger partial charge in [0.15, 0.2) is 5.78 Å². The zero-order chi connectivity index (χ0) is 18.6. The standard InChI is InChI=1S/C22H27ClN2OS/c23-18-8-9-21-19(15-18)22(26)20(16-27-21)25-13-11-24(12-14-25)10-4-7-17-5-2-1-3-6-17/h1-7,16,18-19,21H,8-15H2/b7-4+. The fraction of sp³-hybridized carbons (Fsp3) is 0.500. The average Bonchev–Trinajstić information content (AvgIpc) is 2.70. The summed E-state index contributed by atoms with van der Waals surface area (Å²) >= 11 is 8.20. The summed E-state index contributed by atoms with van der Waals surface area (Å²) in [6.07, 6.45) is 7.38. The minimum absolute atomic E-state index is 0.123. The number of allylic oxidation sites excluding steroid dienone is 1. The molecule has 0 spiro atoms. The summed E-state index contributed by atoms with van der Waals surface area (Å²) in [6, 6.07) is 10.4. The predicted octanol–water partition coefficient (Wildman–Crippen LogP) is 4.25. The SMILES string of the molecule is O=C1C(N2CCN(C/C=C/c3ccccc3)CC2)=CSC2CCC(Cl)CC12. The van der Waals surface area contributed by atoms with Gasteiger partial charge in [0.1, 0.15) is 0 Å². The summed E-state index contributed by atoms with van der Waals surface area (Å²) < 4.78 is 0. The Bertz CT molecular complexity index is 712. The molecule has 1 aliphatic carbocycles. The van der Waals surface area contributed by atoms with Crippen molar-refractivity contribution in [1.82, 2.24) is 9.80 Å². The molecule has 1 aromatic rings. The first kappa shape index (κ1) is 19.1. The highest BCUT2D eigenvalue weighted by atomic mass is 35.5. The van der Waals surface area contributed by atoms with Gasteiger partial charge in [0.2, 0.25) is 0 Å². The van der Waals surface area contributed by atoms with Crippen molar-refractivity contribution < 1.29 is 4.79 Å². The Kier molecular flexibility index (Phi) is 6.26. The number of halogens is 1. The van der Waals surface area contributed by atoms with Crippen LogP contribution in [0.2, 0.25) is 0 Å². The van der Waals surface area contributed by atoms with Crippen molar-refractivity contribution in [3.05, 3.63) is 53.1 Å². The Hall–Kier alpha value is -1.23. The first-order valence-electron chi connectivity index (χ1n) is 9.93. The van der Waals surface area contributed by atoms with Crippen LogP contribution in [0.4, 0.5) is 0 Å². The zero-order valence-electron chi connectivity index (χ0n) is 15.6. The number of carbonyl (C=O) groups excluding carboxylic acids is 1. The van der Waals surface area contributed by atoms with Crippen LogP contribution in [0, 0.1) is 5.92 Å². The van der Waals surface area contributed by atoms with E-state index in [4.69, 9.17) is 11.6 Å². The Balaban J connectivity index is 1.29. The molecule has 4 rings (SSSR count). The lowest BCUT2D eigenvalue weighted by molar-refractivity contribution is -0.121. The monoisotopic (exact) mass is 402 g/mol. The molecule has 0 bridgehead atoms. The molecule has 2 heterocycles. The molecule has 1 saturated carbocycles. The number of hydrogen-bond acceptors (Lipinski definition) is 4. The van der Waals surface area contributed by atoms with Crippen molar-refractivity contribution in [1.29, 1.82) is 0 Å². The van der Waals surface area contributed by atoms with Gasteiger partial charge in [0, 0.05) is 49.3 Å². The van der Waals surface area contributed by atoms with E-state index in [1.807, 2.05) is 17.8 Å². The lowest BCUT2D eigenvalue weighted by Crippen LogP contribution is -2.49. The quantitative estimate of drug-likeness (QED) is 0.702. The van der Waals surface area contributed by atoms with Gasteiger partial charge >= 0.3 is 0 Å². The number of hydrogen-bond donors (Lipinski definition) is 0. The van der Waals surface area contributed by atoms with Gasteiger partial charge in [-0.15, -0.1) is 23.4 Å². The van der Waals surface area contributed by atoms with Crippen molar-refractivity contribution in [3.8, 4) is 0 Å². The zero-order valence-corrected chi connectivity index (χ0v) is 17.2. The number of ketones is 1. The Labute approximate surface area is 171 Å². The summed E-state index contributed by atoms with van der Waals surface area (Å²) in [7, 11) is 0. The fourth-order valence-electron chi connectivity index (χ4n) is 4.23. The number of benzene rings is 1. The lowest BCUT2D eigenvalue weighted by Gasteiger charge is -2.41. The molecular formula is C22H27ClN2OS. The van der Waals surface area contributed by atoms with Crippen molar-refractivity contribution in [3.63, 3.8) is 0 Å². The summed E-state index contributed by atoms with van der Waals surface area (Å²) in [5, 5.41) is 2.74. The molecule has 2 aliphatic heterocycles. The van der Waals surface area contributed by atoms with Gasteiger partial charge in [0.25, 0.3) is 0 Å². The highest BCUT2D eigenvalue weighted by Gasteiger charge is 2.40. The van der Waals surface area contributed by atoms with Crippen LogP contribution < -0.4 is 0 Å². The van der Waals surface area contributed by atoms with Crippen LogP contribution in [-0.4, -0.2) is 58.9 Å². The molecule has 3 unspecified atom stereocenters. The van der Waals surface area contributed by atoms with Crippen molar-refractivity contribution in [2.24, 2.45) is 5.92 Å². The molecule has 3 atom stereocenters. The molecule has 3 aliphatic rings. The van der Waals surface area contributed by atoms with Crippen LogP contribution in [0.15, 0.2) is 47.5 Å². The highest BCUT2D eigenvalue weighted by molar-refractivity contribution is 8.02. The Morgan fingerprint density at radius 3 is 2.67 bits per heavy atom. The minimum Gasteiger partial charge on any atom is -0.366 e. The van der Waals surface area contributed by atoms with E-state index >= 15 is 0 Å². The molecule has 5 heteroatoms. The number of rotatable bonds is 4. The molecule has 1 saturated heterocycles. The van der Waals surface area contributed by atoms with E-state index in [1.54, 1.807) is 0 Å². The number of fused-ring (bicyclic) bond motifs is 1. The van der Waals surface area contributed by atoms with Gasteiger partial charge in [-0.2, -0.15) is 0 Å². The fourth-order valence-corrected chi connectivity index (χ4v) is 5.82. The second kappa shape index (κ2) is 8.85. The third-order valence-corrected chi connectivity index (χ3v) is 7.52. The van der Waals surface area contributed by atoms with Crippen molar-refractivity contribution >= 4 is 35.2 Å². The molecule has 0 aromatic heterocycles. The molecule has 144 valence electrons. The number of nitrogens with zero attached hydrogens (tertiary/aromatic N) is 2. The molecule has 27 heavy (non-hydrogen) atoms. The van der Waals surface area contributed by atoms with Gasteiger partial charge in [0.05, 0.1) is 5.70 Å². The first-order chi connectivity index (χ1) is 13.2. The molecule has 0 amide bonds. The second-order valence-electron chi connectivity index (χ2n) is 7.66. The van der Waals surface area contributed by atoms with Gasteiger partial charge in [-0.3, -0.25) is 9.69 Å². The van der Waals surface area contributed by atoms with E-state index in [0.717, 1.165) is 57.7 Å².